The van der Waals surface area contributed by atoms with Crippen LogP contribution < -0.4 is 15.8 Å². The Bertz CT molecular complexity index is 678. The van der Waals surface area contributed by atoms with Crippen molar-refractivity contribution in [3.8, 4) is 5.75 Å². The highest BCUT2D eigenvalue weighted by Gasteiger charge is 2.15. The molecule has 24 heavy (non-hydrogen) atoms. The lowest BCUT2D eigenvalue weighted by Crippen LogP contribution is -2.15. The van der Waals surface area contributed by atoms with E-state index in [1.54, 1.807) is 23.6 Å². The van der Waals surface area contributed by atoms with Crippen molar-refractivity contribution in [2.45, 2.75) is 13.3 Å². The number of nitrogens with two attached hydrogens (primary N) is 1. The molecule has 0 bridgehead atoms. The van der Waals surface area contributed by atoms with E-state index in [2.05, 4.69) is 10.3 Å². The number of aromatic nitrogens is 1. The summed E-state index contributed by atoms with van der Waals surface area (Å²) in [7, 11) is 0. The van der Waals surface area contributed by atoms with Crippen LogP contribution in [-0.2, 0) is 11.2 Å². The van der Waals surface area contributed by atoms with Gasteiger partial charge in [0.15, 0.2) is 5.75 Å². The Morgan fingerprint density at radius 3 is 3.00 bits per heavy atom. The van der Waals surface area contributed by atoms with Crippen LogP contribution in [0.25, 0.3) is 0 Å². The number of halogens is 1. The fraction of sp³-hybridized carbons (Fsp3) is 0.375. The topological polar surface area (TPSA) is 86.5 Å². The van der Waals surface area contributed by atoms with Gasteiger partial charge in [-0.1, -0.05) is 17.7 Å². The average Bonchev–Trinajstić information content (AvgIpc) is 3.03. The van der Waals surface area contributed by atoms with Gasteiger partial charge in [-0.3, -0.25) is 4.79 Å². The molecule has 2 aromatic rings. The SMILES string of the molecule is CCOCCOc1c(Cl)cccc1NC(=O)c1csc(CCN)n1. The van der Waals surface area contributed by atoms with Gasteiger partial charge >= 0.3 is 0 Å². The van der Waals surface area contributed by atoms with E-state index in [4.69, 9.17) is 26.8 Å². The Balaban J connectivity index is 2.07. The maximum atomic E-state index is 12.3. The average molecular weight is 370 g/mol. The molecule has 3 N–H and O–H groups in total. The number of thiazole rings is 1. The molecular weight excluding hydrogens is 350 g/mol. The molecule has 0 unspecified atom stereocenters. The monoisotopic (exact) mass is 369 g/mol. The molecule has 0 radical (unpaired) electrons. The van der Waals surface area contributed by atoms with Crippen LogP contribution in [0, 0.1) is 0 Å². The van der Waals surface area contributed by atoms with Crippen LogP contribution >= 0.6 is 22.9 Å². The largest absolute Gasteiger partial charge is 0.487 e. The molecule has 1 amide bonds. The summed E-state index contributed by atoms with van der Waals surface area (Å²) in [5.41, 5.74) is 6.35. The van der Waals surface area contributed by atoms with Crippen LogP contribution in [0.15, 0.2) is 23.6 Å². The van der Waals surface area contributed by atoms with Crippen LogP contribution in [0.3, 0.4) is 0 Å². The second-order valence-corrected chi connectivity index (χ2v) is 6.13. The molecule has 0 saturated heterocycles. The smallest absolute Gasteiger partial charge is 0.275 e. The van der Waals surface area contributed by atoms with E-state index >= 15 is 0 Å². The summed E-state index contributed by atoms with van der Waals surface area (Å²) < 4.78 is 10.9. The second-order valence-electron chi connectivity index (χ2n) is 4.78. The Kier molecular flexibility index (Phi) is 7.45. The third-order valence-electron chi connectivity index (χ3n) is 3.04. The van der Waals surface area contributed by atoms with Gasteiger partial charge in [0.05, 0.1) is 22.3 Å². The zero-order valence-electron chi connectivity index (χ0n) is 13.4. The molecule has 1 aromatic carbocycles. The summed E-state index contributed by atoms with van der Waals surface area (Å²) in [6, 6.07) is 5.18. The van der Waals surface area contributed by atoms with E-state index in [0.717, 1.165) is 5.01 Å². The number of nitrogens with one attached hydrogen (secondary N) is 1. The molecule has 1 heterocycles. The molecular formula is C16H20ClN3O3S. The van der Waals surface area contributed by atoms with E-state index in [1.165, 1.54) is 11.3 Å². The standard InChI is InChI=1S/C16H20ClN3O3S/c1-2-22-8-9-23-15-11(17)4-3-5-12(15)20-16(21)13-10-24-14(19-13)6-7-18/h3-5,10H,2,6-9,18H2,1H3,(H,20,21). The predicted octanol–water partition coefficient (Wildman–Crippen LogP) is 2.97. The zero-order valence-corrected chi connectivity index (χ0v) is 15.0. The molecule has 130 valence electrons. The first-order valence-electron chi connectivity index (χ1n) is 7.60. The Labute approximate surface area is 149 Å². The van der Waals surface area contributed by atoms with E-state index in [9.17, 15) is 4.79 Å². The summed E-state index contributed by atoms with van der Waals surface area (Å²) in [6.45, 7) is 3.82. The van der Waals surface area contributed by atoms with Gasteiger partial charge in [-0.2, -0.15) is 0 Å². The first-order chi connectivity index (χ1) is 11.7. The van der Waals surface area contributed by atoms with Gasteiger partial charge in [0, 0.05) is 18.4 Å². The van der Waals surface area contributed by atoms with Gasteiger partial charge in [0.25, 0.3) is 5.91 Å². The van der Waals surface area contributed by atoms with Gasteiger partial charge in [0.1, 0.15) is 12.3 Å². The van der Waals surface area contributed by atoms with Crippen molar-refractivity contribution in [3.05, 3.63) is 39.3 Å². The van der Waals surface area contributed by atoms with Crippen LogP contribution in [-0.4, -0.2) is 37.3 Å². The van der Waals surface area contributed by atoms with Gasteiger partial charge < -0.3 is 20.5 Å². The van der Waals surface area contributed by atoms with Crippen LogP contribution in [0.5, 0.6) is 5.75 Å². The van der Waals surface area contributed by atoms with E-state index < -0.39 is 0 Å². The molecule has 1 aromatic heterocycles. The number of ether oxygens (including phenoxy) is 2. The van der Waals surface area contributed by atoms with Crippen LogP contribution in [0.1, 0.15) is 22.4 Å². The molecule has 0 aliphatic heterocycles. The molecule has 0 aliphatic rings. The van der Waals surface area contributed by atoms with Gasteiger partial charge in [-0.05, 0) is 25.6 Å². The minimum Gasteiger partial charge on any atom is -0.487 e. The Morgan fingerprint density at radius 1 is 1.42 bits per heavy atom. The lowest BCUT2D eigenvalue weighted by molar-refractivity contribution is 0.102. The van der Waals surface area contributed by atoms with Crippen LogP contribution in [0.2, 0.25) is 5.02 Å². The van der Waals surface area contributed by atoms with Crippen molar-refractivity contribution >= 4 is 34.5 Å². The van der Waals surface area contributed by atoms with Gasteiger partial charge in [-0.25, -0.2) is 4.98 Å². The fourth-order valence-electron chi connectivity index (χ4n) is 1.94. The summed E-state index contributed by atoms with van der Waals surface area (Å²) in [5.74, 6) is 0.107. The maximum Gasteiger partial charge on any atom is 0.275 e. The number of carbonyl (C=O) groups is 1. The van der Waals surface area contributed by atoms with Crippen molar-refractivity contribution in [3.63, 3.8) is 0 Å². The fourth-order valence-corrected chi connectivity index (χ4v) is 2.96. The van der Waals surface area contributed by atoms with Crippen molar-refractivity contribution < 1.29 is 14.3 Å². The predicted molar refractivity (Wildman–Crippen MR) is 96.3 cm³/mol. The lowest BCUT2D eigenvalue weighted by atomic mass is 10.2. The zero-order chi connectivity index (χ0) is 17.4. The number of benzene rings is 1. The summed E-state index contributed by atoms with van der Waals surface area (Å²) in [6.07, 6.45) is 0.654. The summed E-state index contributed by atoms with van der Waals surface area (Å²) in [5, 5.41) is 5.75. The first kappa shape index (κ1) is 18.7. The Morgan fingerprint density at radius 2 is 2.25 bits per heavy atom. The number of hydrogen-bond donors (Lipinski definition) is 2. The third kappa shape index (κ3) is 5.17. The van der Waals surface area contributed by atoms with Gasteiger partial charge in [0.2, 0.25) is 0 Å². The highest BCUT2D eigenvalue weighted by atomic mass is 35.5. The number of anilines is 1. The molecule has 0 spiro atoms. The van der Waals surface area contributed by atoms with Crippen molar-refractivity contribution in [1.29, 1.82) is 0 Å². The first-order valence-corrected chi connectivity index (χ1v) is 8.86. The summed E-state index contributed by atoms with van der Waals surface area (Å²) in [4.78, 5) is 16.6. The quantitative estimate of drug-likeness (QED) is 0.663. The third-order valence-corrected chi connectivity index (χ3v) is 4.24. The highest BCUT2D eigenvalue weighted by Crippen LogP contribution is 2.33. The molecule has 8 heteroatoms. The number of rotatable bonds is 9. The number of nitrogens with zero attached hydrogens (tertiary/aromatic N) is 1. The number of amides is 1. The minimum absolute atomic E-state index is 0.313. The molecule has 0 atom stereocenters. The van der Waals surface area contributed by atoms with E-state index in [1.807, 2.05) is 6.92 Å². The maximum absolute atomic E-state index is 12.3. The normalized spacial score (nSPS) is 10.6. The van der Waals surface area contributed by atoms with Crippen molar-refractivity contribution in [2.75, 3.05) is 31.7 Å². The summed E-state index contributed by atoms with van der Waals surface area (Å²) >= 11 is 7.59. The molecule has 2 rings (SSSR count). The van der Waals surface area contributed by atoms with Crippen LogP contribution in [0.4, 0.5) is 5.69 Å². The second kappa shape index (κ2) is 9.58. The Hall–Kier alpha value is -1.67. The molecule has 6 nitrogen and oxygen atoms in total. The molecule has 0 aliphatic carbocycles. The van der Waals surface area contributed by atoms with Crippen molar-refractivity contribution in [2.24, 2.45) is 5.73 Å². The van der Waals surface area contributed by atoms with E-state index in [0.29, 0.717) is 54.9 Å². The minimum atomic E-state index is -0.313. The lowest BCUT2D eigenvalue weighted by Gasteiger charge is -2.13. The number of carbonyl (C=O) groups excluding carboxylic acids is 1. The highest BCUT2D eigenvalue weighted by molar-refractivity contribution is 7.09. The molecule has 0 fully saturated rings. The van der Waals surface area contributed by atoms with Crippen molar-refractivity contribution in [1.82, 2.24) is 4.98 Å². The molecule has 0 saturated carbocycles. The number of para-hydroxylation sites is 1. The van der Waals surface area contributed by atoms with Gasteiger partial charge in [-0.15, -0.1) is 11.3 Å². The van der Waals surface area contributed by atoms with E-state index in [-0.39, 0.29) is 5.91 Å². The number of hydrogen-bond acceptors (Lipinski definition) is 6.